The monoisotopic (exact) mass is 162 g/mol. The summed E-state index contributed by atoms with van der Waals surface area (Å²) in [5, 5.41) is 3.51. The lowest BCUT2D eigenvalue weighted by Crippen LogP contribution is -2.24. The summed E-state index contributed by atoms with van der Waals surface area (Å²) < 4.78 is 4.27. The third-order valence-corrected chi connectivity index (χ3v) is 1.52. The van der Waals surface area contributed by atoms with Crippen LogP contribution in [0.5, 0.6) is 0 Å². The van der Waals surface area contributed by atoms with E-state index in [1.807, 2.05) is 0 Å². The Morgan fingerprint density at radius 3 is 2.75 bits per heavy atom. The second kappa shape index (κ2) is 2.34. The van der Waals surface area contributed by atoms with Gasteiger partial charge in [0.15, 0.2) is 0 Å². The van der Waals surface area contributed by atoms with E-state index in [-0.39, 0.29) is 0 Å². The molecule has 1 aromatic carbocycles. The summed E-state index contributed by atoms with van der Waals surface area (Å²) in [6.45, 7) is 0. The smallest absolute Gasteiger partial charge is 0.371 e. The second-order valence-electron chi connectivity index (χ2n) is 2.28. The highest BCUT2D eigenvalue weighted by Gasteiger charge is 2.24. The maximum absolute atomic E-state index is 11.0. The Balaban J connectivity index is 2.54. The topological polar surface area (TPSA) is 57.5 Å². The van der Waals surface area contributed by atoms with Gasteiger partial charge in [-0.1, -0.05) is 12.1 Å². The molecule has 1 aliphatic rings. The van der Waals surface area contributed by atoms with Crippen LogP contribution < -0.4 is 5.32 Å². The van der Waals surface area contributed by atoms with Crippen LogP contribution in [0.2, 0.25) is 0 Å². The molecule has 1 amide bonds. The van der Waals surface area contributed by atoms with Crippen LogP contribution >= 0.6 is 0 Å². The van der Waals surface area contributed by atoms with Crippen LogP contribution in [0.1, 0.15) is 10.4 Å². The van der Waals surface area contributed by atoms with Crippen LogP contribution in [0.3, 0.4) is 0 Å². The molecule has 12 heavy (non-hydrogen) atoms. The minimum atomic E-state index is -0.848. The highest BCUT2D eigenvalue weighted by atomic mass is 16.6. The van der Waals surface area contributed by atoms with E-state index in [9.17, 15) is 9.59 Å². The van der Waals surface area contributed by atoms with E-state index in [2.05, 4.69) is 10.1 Å². The molecule has 0 saturated heterocycles. The number of esters is 1. The number of fused-ring (bicyclic) bond motifs is 1. The van der Waals surface area contributed by atoms with Crippen LogP contribution in [0.25, 0.3) is 0 Å². The first kappa shape index (κ1) is 6.84. The molecule has 1 radical (unpaired) electrons. The quantitative estimate of drug-likeness (QED) is 0.425. The molecule has 0 N–H and O–H groups in total. The minimum absolute atomic E-state index is 0.331. The fourth-order valence-corrected chi connectivity index (χ4v) is 0.999. The fourth-order valence-electron chi connectivity index (χ4n) is 0.999. The number of para-hydroxylation sites is 1. The van der Waals surface area contributed by atoms with Crippen molar-refractivity contribution >= 4 is 17.7 Å². The van der Waals surface area contributed by atoms with E-state index in [4.69, 9.17) is 0 Å². The van der Waals surface area contributed by atoms with Crippen molar-refractivity contribution in [2.75, 3.05) is 0 Å². The van der Waals surface area contributed by atoms with Gasteiger partial charge >= 0.3 is 12.1 Å². The number of rotatable bonds is 0. The first-order chi connectivity index (χ1) is 5.77. The predicted molar refractivity (Wildman–Crippen MR) is 39.0 cm³/mol. The molecular formula is C8H4NO3. The van der Waals surface area contributed by atoms with Gasteiger partial charge in [-0.25, -0.2) is 9.59 Å². The van der Waals surface area contributed by atoms with E-state index in [1.54, 1.807) is 24.3 Å². The number of amides is 1. The van der Waals surface area contributed by atoms with Gasteiger partial charge in [0.1, 0.15) is 0 Å². The summed E-state index contributed by atoms with van der Waals surface area (Å²) >= 11 is 0. The van der Waals surface area contributed by atoms with Gasteiger partial charge in [0.2, 0.25) is 0 Å². The molecule has 1 heterocycles. The summed E-state index contributed by atoms with van der Waals surface area (Å²) in [5.41, 5.74) is 0.704. The van der Waals surface area contributed by atoms with Crippen LogP contribution in [0.15, 0.2) is 24.3 Å². The summed E-state index contributed by atoms with van der Waals surface area (Å²) in [6, 6.07) is 6.54. The van der Waals surface area contributed by atoms with Gasteiger partial charge in [-0.05, 0) is 12.1 Å². The summed E-state index contributed by atoms with van der Waals surface area (Å²) in [7, 11) is 0. The van der Waals surface area contributed by atoms with Gasteiger partial charge in [0.25, 0.3) is 0 Å². The molecule has 0 bridgehead atoms. The molecule has 0 atom stereocenters. The van der Waals surface area contributed by atoms with Crippen molar-refractivity contribution < 1.29 is 14.3 Å². The van der Waals surface area contributed by atoms with E-state index >= 15 is 0 Å². The number of hydrogen-bond donors (Lipinski definition) is 0. The van der Waals surface area contributed by atoms with E-state index in [0.717, 1.165) is 0 Å². The molecule has 1 aromatic rings. The van der Waals surface area contributed by atoms with Crippen molar-refractivity contribution in [3.8, 4) is 0 Å². The van der Waals surface area contributed by atoms with Crippen LogP contribution in [0.4, 0.5) is 10.5 Å². The lowest BCUT2D eigenvalue weighted by atomic mass is 10.1. The Kier molecular flexibility index (Phi) is 1.33. The highest BCUT2D eigenvalue weighted by molar-refractivity contribution is 6.05. The van der Waals surface area contributed by atoms with Crippen molar-refractivity contribution in [2.45, 2.75) is 0 Å². The Morgan fingerprint density at radius 2 is 1.92 bits per heavy atom. The van der Waals surface area contributed by atoms with Crippen molar-refractivity contribution in [3.63, 3.8) is 0 Å². The van der Waals surface area contributed by atoms with Crippen LogP contribution in [-0.4, -0.2) is 12.1 Å². The number of carbonyl (C=O) groups excluding carboxylic acids is 2. The van der Waals surface area contributed by atoms with Crippen molar-refractivity contribution in [1.29, 1.82) is 0 Å². The highest BCUT2D eigenvalue weighted by Crippen LogP contribution is 2.20. The number of hydrogen-bond acceptors (Lipinski definition) is 3. The number of cyclic esters (lactones) is 2. The first-order valence-corrected chi connectivity index (χ1v) is 3.34. The zero-order chi connectivity index (χ0) is 8.55. The first-order valence-electron chi connectivity index (χ1n) is 3.34. The molecule has 4 nitrogen and oxygen atoms in total. The standard InChI is InChI=1S/C8H4NO3/c10-7-5-3-1-2-4-6(5)9-8(11)12-7/h1-4H. The third-order valence-electron chi connectivity index (χ3n) is 1.52. The van der Waals surface area contributed by atoms with Crippen molar-refractivity contribution in [2.24, 2.45) is 0 Å². The fraction of sp³-hybridized carbons (Fsp3) is 0. The van der Waals surface area contributed by atoms with Gasteiger partial charge in [-0.15, -0.1) is 0 Å². The summed E-state index contributed by atoms with van der Waals surface area (Å²) in [5.74, 6) is -0.634. The van der Waals surface area contributed by atoms with E-state index in [1.165, 1.54) is 0 Å². The molecule has 0 fully saturated rings. The molecule has 4 heteroatoms. The summed E-state index contributed by atoms with van der Waals surface area (Å²) in [6.07, 6.45) is -0.848. The largest absolute Gasteiger partial charge is 0.442 e. The lowest BCUT2D eigenvalue weighted by Gasteiger charge is -2.11. The molecular weight excluding hydrogens is 158 g/mol. The average molecular weight is 162 g/mol. The second-order valence-corrected chi connectivity index (χ2v) is 2.28. The van der Waals surface area contributed by atoms with Gasteiger partial charge in [0.05, 0.1) is 11.3 Å². The molecule has 2 rings (SSSR count). The zero-order valence-corrected chi connectivity index (χ0v) is 5.98. The number of ether oxygens (including phenoxy) is 1. The third kappa shape index (κ3) is 0.934. The zero-order valence-electron chi connectivity index (χ0n) is 5.98. The van der Waals surface area contributed by atoms with Gasteiger partial charge in [0, 0.05) is 0 Å². The molecule has 0 aliphatic carbocycles. The Morgan fingerprint density at radius 1 is 1.17 bits per heavy atom. The summed E-state index contributed by atoms with van der Waals surface area (Å²) in [4.78, 5) is 21.6. The van der Waals surface area contributed by atoms with E-state index < -0.39 is 12.1 Å². The maximum atomic E-state index is 11.0. The minimum Gasteiger partial charge on any atom is -0.371 e. The molecule has 0 spiro atoms. The lowest BCUT2D eigenvalue weighted by molar-refractivity contribution is 0.0612. The maximum Gasteiger partial charge on any atom is 0.442 e. The van der Waals surface area contributed by atoms with Gasteiger partial charge in [-0.3, -0.25) is 0 Å². The molecule has 59 valence electrons. The average Bonchev–Trinajstić information content (AvgIpc) is 2.04. The normalized spacial score (nSPS) is 14.7. The predicted octanol–water partition coefficient (Wildman–Crippen LogP) is 1.21. The van der Waals surface area contributed by atoms with Crippen LogP contribution in [0, 0.1) is 0 Å². The van der Waals surface area contributed by atoms with Crippen molar-refractivity contribution in [1.82, 2.24) is 5.32 Å². The number of nitrogens with zero attached hydrogens (tertiary/aromatic N) is 1. The Hall–Kier alpha value is -1.84. The number of carbonyl (C=O) groups is 2. The Bertz CT molecular complexity index is 359. The molecule has 0 unspecified atom stereocenters. The SMILES string of the molecule is O=C1[N]c2ccccc2C(=O)O1. The molecule has 0 aromatic heterocycles. The van der Waals surface area contributed by atoms with Crippen molar-refractivity contribution in [3.05, 3.63) is 29.8 Å². The van der Waals surface area contributed by atoms with Crippen LogP contribution in [-0.2, 0) is 4.74 Å². The Labute approximate surface area is 68.1 Å². The van der Waals surface area contributed by atoms with E-state index in [0.29, 0.717) is 11.3 Å². The van der Waals surface area contributed by atoms with Gasteiger partial charge < -0.3 is 4.74 Å². The molecule has 1 aliphatic heterocycles. The number of benzene rings is 1. The molecule has 0 saturated carbocycles. The van der Waals surface area contributed by atoms with Gasteiger partial charge in [-0.2, -0.15) is 5.32 Å².